The van der Waals surface area contributed by atoms with Crippen molar-refractivity contribution in [1.29, 1.82) is 0 Å². The van der Waals surface area contributed by atoms with E-state index in [1.165, 1.54) is 6.42 Å². The van der Waals surface area contributed by atoms with Gasteiger partial charge in [0.2, 0.25) is 0 Å². The van der Waals surface area contributed by atoms with Crippen LogP contribution in [0.1, 0.15) is 33.1 Å². The van der Waals surface area contributed by atoms with Crippen LogP contribution in [0.4, 0.5) is 0 Å². The number of rotatable bonds is 5. The van der Waals surface area contributed by atoms with Crippen molar-refractivity contribution >= 4 is 19.7 Å². The minimum atomic E-state index is -2.17. The van der Waals surface area contributed by atoms with Crippen molar-refractivity contribution in [2.45, 2.75) is 37.5 Å². The molecule has 0 amide bonds. The van der Waals surface area contributed by atoms with E-state index < -0.39 is 19.7 Å². The second-order valence-electron chi connectivity index (χ2n) is 2.38. The van der Waals surface area contributed by atoms with Gasteiger partial charge in [-0.2, -0.15) is 0 Å². The Morgan fingerprint density at radius 3 is 2.60 bits per heavy atom. The first-order valence-electron chi connectivity index (χ1n) is 4.00. The Labute approximate surface area is 70.6 Å². The third-order valence-corrected chi connectivity index (χ3v) is 5.47. The fraction of sp³-hybridized carbons (Fsp3) is 0.750. The van der Waals surface area contributed by atoms with Gasteiger partial charge in [0, 0.05) is 0 Å². The van der Waals surface area contributed by atoms with Crippen LogP contribution in [0.3, 0.4) is 0 Å². The molecular formula is C8H16OSn. The molecule has 2 heteroatoms. The van der Waals surface area contributed by atoms with Crippen LogP contribution in [0.5, 0.6) is 0 Å². The maximum atomic E-state index is 11.2. The van der Waals surface area contributed by atoms with Crippen molar-refractivity contribution in [3.05, 3.63) is 10.2 Å². The van der Waals surface area contributed by atoms with E-state index >= 15 is 0 Å². The molecule has 0 atom stereocenters. The number of unbranched alkanes of at least 4 members (excludes halogenated alkanes) is 1. The van der Waals surface area contributed by atoms with E-state index in [9.17, 15) is 3.08 Å². The molecule has 0 saturated carbocycles. The van der Waals surface area contributed by atoms with E-state index in [1.807, 2.05) is 10.2 Å². The summed E-state index contributed by atoms with van der Waals surface area (Å²) in [6, 6.07) is 0. The van der Waals surface area contributed by atoms with Gasteiger partial charge >= 0.3 is 70.5 Å². The molecule has 0 unspecified atom stereocenters. The summed E-state index contributed by atoms with van der Waals surface area (Å²) < 4.78 is 14.1. The van der Waals surface area contributed by atoms with Gasteiger partial charge in [0.15, 0.2) is 0 Å². The molecular weight excluding hydrogens is 231 g/mol. The number of hydrogen-bond acceptors (Lipinski definition) is 1. The molecule has 0 radical (unpaired) electrons. The average Bonchev–Trinajstić information content (AvgIpc) is 1.97. The van der Waals surface area contributed by atoms with Crippen LogP contribution >= 0.6 is 0 Å². The van der Waals surface area contributed by atoms with Gasteiger partial charge in [-0.25, -0.2) is 0 Å². The zero-order chi connectivity index (χ0) is 7.82. The van der Waals surface area contributed by atoms with Gasteiger partial charge in [-0.15, -0.1) is 0 Å². The van der Waals surface area contributed by atoms with E-state index in [2.05, 4.69) is 13.8 Å². The van der Waals surface area contributed by atoms with Crippen molar-refractivity contribution in [3.63, 3.8) is 0 Å². The third-order valence-electron chi connectivity index (χ3n) is 1.32. The van der Waals surface area contributed by atoms with E-state index in [4.69, 9.17) is 0 Å². The van der Waals surface area contributed by atoms with Crippen LogP contribution in [0, 0.1) is 0 Å². The summed E-state index contributed by atoms with van der Waals surface area (Å²) in [5.41, 5.74) is 0. The maximum absolute atomic E-state index is 11.2. The summed E-state index contributed by atoms with van der Waals surface area (Å²) in [7, 11) is 0. The molecule has 0 spiro atoms. The fourth-order valence-corrected chi connectivity index (χ4v) is 4.59. The van der Waals surface area contributed by atoms with E-state index in [1.54, 1.807) is 0 Å². The zero-order valence-electron chi connectivity index (χ0n) is 6.89. The molecule has 0 aliphatic rings. The molecule has 0 fully saturated rings. The Balaban J connectivity index is 3.34. The molecule has 0 aromatic heterocycles. The number of allylic oxidation sites excluding steroid dienone is 1. The van der Waals surface area contributed by atoms with E-state index in [-0.39, 0.29) is 0 Å². The molecule has 0 saturated heterocycles. The van der Waals surface area contributed by atoms with Crippen LogP contribution < -0.4 is 0 Å². The monoisotopic (exact) mass is 248 g/mol. The Kier molecular flexibility index (Phi) is 7.70. The van der Waals surface area contributed by atoms with Crippen LogP contribution in [-0.2, 0) is 3.08 Å². The van der Waals surface area contributed by atoms with Crippen LogP contribution in [0.15, 0.2) is 10.2 Å². The molecule has 58 valence electrons. The van der Waals surface area contributed by atoms with Gasteiger partial charge in [0.05, 0.1) is 0 Å². The topological polar surface area (TPSA) is 17.1 Å². The van der Waals surface area contributed by atoms with Crippen molar-refractivity contribution < 1.29 is 3.08 Å². The predicted molar refractivity (Wildman–Crippen MR) is 45.6 cm³/mol. The summed E-state index contributed by atoms with van der Waals surface area (Å²) in [5.74, 6) is 0. The Morgan fingerprint density at radius 1 is 1.40 bits per heavy atom. The van der Waals surface area contributed by atoms with Gasteiger partial charge in [-0.05, 0) is 0 Å². The van der Waals surface area contributed by atoms with Gasteiger partial charge < -0.3 is 0 Å². The van der Waals surface area contributed by atoms with Gasteiger partial charge in [0.25, 0.3) is 0 Å². The molecule has 0 aliphatic carbocycles. The quantitative estimate of drug-likeness (QED) is 0.682. The van der Waals surface area contributed by atoms with Gasteiger partial charge in [0.1, 0.15) is 0 Å². The first-order valence-corrected chi connectivity index (χ1v) is 8.83. The molecule has 0 heterocycles. The van der Waals surface area contributed by atoms with E-state index in [0.717, 1.165) is 17.3 Å². The Morgan fingerprint density at radius 2 is 2.10 bits per heavy atom. The second kappa shape index (κ2) is 7.45. The first-order chi connectivity index (χ1) is 4.81. The Bertz CT molecular complexity index is 118. The summed E-state index contributed by atoms with van der Waals surface area (Å²) in [4.78, 5) is 0. The molecule has 0 N–H and O–H groups in total. The zero-order valence-corrected chi connectivity index (χ0v) is 9.75. The van der Waals surface area contributed by atoms with Crippen LogP contribution in [-0.4, -0.2) is 19.7 Å². The summed E-state index contributed by atoms with van der Waals surface area (Å²) in [6.45, 7) is 4.22. The predicted octanol–water partition coefficient (Wildman–Crippen LogP) is 2.71. The SMILES string of the molecule is CCC=[CH][Sn](=[O])[CH2]CCC. The molecule has 10 heavy (non-hydrogen) atoms. The molecule has 0 rings (SSSR count). The summed E-state index contributed by atoms with van der Waals surface area (Å²) in [5, 5.41) is 0. The molecule has 0 aromatic carbocycles. The van der Waals surface area contributed by atoms with Crippen molar-refractivity contribution in [3.8, 4) is 0 Å². The Hall–Kier alpha value is 0.339. The molecule has 0 aromatic rings. The second-order valence-corrected chi connectivity index (χ2v) is 7.42. The average molecular weight is 247 g/mol. The molecule has 0 aliphatic heterocycles. The van der Waals surface area contributed by atoms with Crippen LogP contribution in [0.2, 0.25) is 4.44 Å². The van der Waals surface area contributed by atoms with E-state index in [0.29, 0.717) is 0 Å². The summed E-state index contributed by atoms with van der Waals surface area (Å²) in [6.07, 6.45) is 5.38. The molecule has 0 bridgehead atoms. The third kappa shape index (κ3) is 6.46. The standard InChI is InChI=1S/C4H9.C4H7.O.Sn/c2*1-3-4-2;;/h1,3-4H2,2H3;1,3H,4H2,2H3;;. The molecule has 1 nitrogen and oxygen atoms in total. The van der Waals surface area contributed by atoms with Gasteiger partial charge in [-0.3, -0.25) is 0 Å². The fourth-order valence-electron chi connectivity index (χ4n) is 0.684. The van der Waals surface area contributed by atoms with Crippen molar-refractivity contribution in [1.82, 2.24) is 0 Å². The normalized spacial score (nSPS) is 10.6. The van der Waals surface area contributed by atoms with Gasteiger partial charge in [-0.1, -0.05) is 0 Å². The minimum absolute atomic E-state index is 0.995. The number of hydrogen-bond donors (Lipinski definition) is 0. The summed E-state index contributed by atoms with van der Waals surface area (Å²) >= 11 is -2.17. The van der Waals surface area contributed by atoms with Crippen molar-refractivity contribution in [2.75, 3.05) is 0 Å². The van der Waals surface area contributed by atoms with Crippen LogP contribution in [0.25, 0.3) is 0 Å². The first kappa shape index (κ1) is 10.3. The van der Waals surface area contributed by atoms with Crippen molar-refractivity contribution in [2.24, 2.45) is 0 Å².